The van der Waals surface area contributed by atoms with E-state index >= 15 is 0 Å². The molecule has 0 unspecified atom stereocenters. The first-order valence-electron chi connectivity index (χ1n) is 8.20. The third-order valence-corrected chi connectivity index (χ3v) is 3.49. The Morgan fingerprint density at radius 3 is 2.46 bits per heavy atom. The predicted octanol–water partition coefficient (Wildman–Crippen LogP) is 1.90. The highest BCUT2D eigenvalue weighted by molar-refractivity contribution is 5.95. The lowest BCUT2D eigenvalue weighted by molar-refractivity contribution is -0.119. The summed E-state index contributed by atoms with van der Waals surface area (Å²) >= 11 is 0. The summed E-state index contributed by atoms with van der Waals surface area (Å²) in [6.45, 7) is 5.31. The van der Waals surface area contributed by atoms with Gasteiger partial charge in [0.1, 0.15) is 5.82 Å². The van der Waals surface area contributed by atoms with Crippen LogP contribution in [0.2, 0.25) is 0 Å². The maximum Gasteiger partial charge on any atom is 0.338 e. The summed E-state index contributed by atoms with van der Waals surface area (Å²) < 4.78 is 6.69. The predicted molar refractivity (Wildman–Crippen MR) is 95.5 cm³/mol. The number of rotatable bonds is 7. The van der Waals surface area contributed by atoms with E-state index in [2.05, 4.69) is 15.7 Å². The molecule has 26 heavy (non-hydrogen) atoms. The summed E-state index contributed by atoms with van der Waals surface area (Å²) in [6, 6.07) is 8.38. The topological polar surface area (TPSA) is 102 Å². The van der Waals surface area contributed by atoms with Crippen LogP contribution in [-0.2, 0) is 20.9 Å². The molecular weight excluding hydrogens is 336 g/mol. The van der Waals surface area contributed by atoms with Gasteiger partial charge < -0.3 is 15.4 Å². The molecule has 8 nitrogen and oxygen atoms in total. The molecule has 0 saturated heterocycles. The highest BCUT2D eigenvalue weighted by atomic mass is 16.5. The molecule has 0 bridgehead atoms. The fraction of sp³-hybridized carbons (Fsp3) is 0.333. The van der Waals surface area contributed by atoms with Crippen LogP contribution in [0, 0.1) is 0 Å². The quantitative estimate of drug-likeness (QED) is 0.736. The first-order valence-corrected chi connectivity index (χ1v) is 8.20. The van der Waals surface area contributed by atoms with Crippen LogP contribution >= 0.6 is 0 Å². The Kier molecular flexibility index (Phi) is 6.48. The number of amides is 2. The van der Waals surface area contributed by atoms with E-state index in [0.717, 1.165) is 5.56 Å². The van der Waals surface area contributed by atoms with Gasteiger partial charge in [0.25, 0.3) is 5.91 Å². The molecule has 0 saturated carbocycles. The van der Waals surface area contributed by atoms with E-state index in [1.54, 1.807) is 41.2 Å². The molecule has 1 heterocycles. The maximum absolute atomic E-state index is 12.0. The summed E-state index contributed by atoms with van der Waals surface area (Å²) in [7, 11) is 0. The summed E-state index contributed by atoms with van der Waals surface area (Å²) in [5.41, 5.74) is 1.19. The third kappa shape index (κ3) is 5.44. The van der Waals surface area contributed by atoms with Crippen molar-refractivity contribution >= 4 is 23.6 Å². The smallest absolute Gasteiger partial charge is 0.338 e. The SMILES string of the molecule is CC(=O)NCc1ccc(C(=O)OCC(=O)Nc2ccnn2C(C)C)cc1. The Labute approximate surface area is 151 Å². The molecule has 138 valence electrons. The molecule has 0 atom stereocenters. The molecule has 1 aromatic carbocycles. The van der Waals surface area contributed by atoms with Gasteiger partial charge in [0.05, 0.1) is 11.8 Å². The van der Waals surface area contributed by atoms with Crippen LogP contribution in [0.5, 0.6) is 0 Å². The van der Waals surface area contributed by atoms with Gasteiger partial charge in [-0.3, -0.25) is 9.59 Å². The highest BCUT2D eigenvalue weighted by Gasteiger charge is 2.13. The zero-order chi connectivity index (χ0) is 19.1. The Morgan fingerprint density at radius 1 is 1.15 bits per heavy atom. The average Bonchev–Trinajstić information content (AvgIpc) is 3.06. The number of carbonyl (C=O) groups excluding carboxylic acids is 3. The lowest BCUT2D eigenvalue weighted by Crippen LogP contribution is -2.23. The molecule has 2 amide bonds. The number of anilines is 1. The number of benzene rings is 1. The molecule has 0 aliphatic carbocycles. The Balaban J connectivity index is 1.84. The normalized spacial score (nSPS) is 10.5. The second kappa shape index (κ2) is 8.80. The molecule has 1 aromatic heterocycles. The average molecular weight is 358 g/mol. The highest BCUT2D eigenvalue weighted by Crippen LogP contribution is 2.13. The van der Waals surface area contributed by atoms with Crippen molar-refractivity contribution < 1.29 is 19.1 Å². The number of carbonyl (C=O) groups is 3. The Bertz CT molecular complexity index is 781. The zero-order valence-corrected chi connectivity index (χ0v) is 15.0. The van der Waals surface area contributed by atoms with E-state index in [-0.39, 0.29) is 11.9 Å². The molecule has 0 radical (unpaired) electrons. The summed E-state index contributed by atoms with van der Waals surface area (Å²) in [6.07, 6.45) is 1.59. The second-order valence-electron chi connectivity index (χ2n) is 5.99. The number of nitrogens with zero attached hydrogens (tertiary/aromatic N) is 2. The minimum absolute atomic E-state index is 0.0962. The number of esters is 1. The van der Waals surface area contributed by atoms with Crippen molar-refractivity contribution in [1.29, 1.82) is 0 Å². The van der Waals surface area contributed by atoms with Gasteiger partial charge >= 0.3 is 5.97 Å². The fourth-order valence-electron chi connectivity index (χ4n) is 2.20. The van der Waals surface area contributed by atoms with E-state index in [1.807, 2.05) is 13.8 Å². The van der Waals surface area contributed by atoms with Gasteiger partial charge in [-0.15, -0.1) is 0 Å². The third-order valence-electron chi connectivity index (χ3n) is 3.49. The van der Waals surface area contributed by atoms with Crippen LogP contribution in [0.25, 0.3) is 0 Å². The molecule has 0 aliphatic rings. The van der Waals surface area contributed by atoms with Crippen LogP contribution < -0.4 is 10.6 Å². The van der Waals surface area contributed by atoms with Gasteiger partial charge in [0.15, 0.2) is 6.61 Å². The van der Waals surface area contributed by atoms with Crippen LogP contribution in [0.4, 0.5) is 5.82 Å². The van der Waals surface area contributed by atoms with Gasteiger partial charge in [0.2, 0.25) is 5.91 Å². The number of aromatic nitrogens is 2. The number of hydrogen-bond acceptors (Lipinski definition) is 5. The van der Waals surface area contributed by atoms with Crippen molar-refractivity contribution in [2.45, 2.75) is 33.4 Å². The van der Waals surface area contributed by atoms with Gasteiger partial charge in [-0.1, -0.05) is 12.1 Å². The molecule has 8 heteroatoms. The van der Waals surface area contributed by atoms with E-state index in [4.69, 9.17) is 4.74 Å². The van der Waals surface area contributed by atoms with E-state index in [0.29, 0.717) is 17.9 Å². The van der Waals surface area contributed by atoms with Crippen molar-refractivity contribution in [3.05, 3.63) is 47.7 Å². The van der Waals surface area contributed by atoms with Crippen molar-refractivity contribution in [3.8, 4) is 0 Å². The molecule has 2 rings (SSSR count). The number of hydrogen-bond donors (Lipinski definition) is 2. The second-order valence-corrected chi connectivity index (χ2v) is 5.99. The zero-order valence-electron chi connectivity index (χ0n) is 15.0. The van der Waals surface area contributed by atoms with Gasteiger partial charge in [0, 0.05) is 25.6 Å². The van der Waals surface area contributed by atoms with Gasteiger partial charge in [-0.05, 0) is 31.5 Å². The largest absolute Gasteiger partial charge is 0.452 e. The van der Waals surface area contributed by atoms with Gasteiger partial charge in [-0.25, -0.2) is 9.48 Å². The van der Waals surface area contributed by atoms with E-state index in [1.165, 1.54) is 6.92 Å². The molecular formula is C18H22N4O4. The molecule has 0 aliphatic heterocycles. The molecule has 2 N–H and O–H groups in total. The summed E-state index contributed by atoms with van der Waals surface area (Å²) in [5, 5.41) is 9.44. The van der Waals surface area contributed by atoms with Crippen LogP contribution in [0.15, 0.2) is 36.5 Å². The number of nitrogens with one attached hydrogen (secondary N) is 2. The molecule has 0 spiro atoms. The Morgan fingerprint density at radius 2 is 1.85 bits per heavy atom. The van der Waals surface area contributed by atoms with Crippen LogP contribution in [-0.4, -0.2) is 34.2 Å². The van der Waals surface area contributed by atoms with E-state index in [9.17, 15) is 14.4 Å². The molecule has 0 fully saturated rings. The van der Waals surface area contributed by atoms with Crippen molar-refractivity contribution in [2.75, 3.05) is 11.9 Å². The lowest BCUT2D eigenvalue weighted by Gasteiger charge is -2.12. The molecule has 2 aromatic rings. The minimum Gasteiger partial charge on any atom is -0.452 e. The minimum atomic E-state index is -0.594. The van der Waals surface area contributed by atoms with Crippen molar-refractivity contribution in [1.82, 2.24) is 15.1 Å². The standard InChI is InChI=1S/C18H22N4O4/c1-12(2)22-16(8-9-20-22)21-17(24)11-26-18(25)15-6-4-14(5-7-15)10-19-13(3)23/h4-9,12H,10-11H2,1-3H3,(H,19,23)(H,21,24). The maximum atomic E-state index is 12.0. The monoisotopic (exact) mass is 358 g/mol. The lowest BCUT2D eigenvalue weighted by atomic mass is 10.1. The van der Waals surface area contributed by atoms with Crippen LogP contribution in [0.3, 0.4) is 0 Å². The summed E-state index contributed by atoms with van der Waals surface area (Å²) in [4.78, 5) is 34.9. The van der Waals surface area contributed by atoms with Crippen molar-refractivity contribution in [2.24, 2.45) is 0 Å². The van der Waals surface area contributed by atoms with E-state index < -0.39 is 18.5 Å². The van der Waals surface area contributed by atoms with Crippen LogP contribution in [0.1, 0.15) is 42.7 Å². The fourth-order valence-corrected chi connectivity index (χ4v) is 2.20. The van der Waals surface area contributed by atoms with Crippen molar-refractivity contribution in [3.63, 3.8) is 0 Å². The number of ether oxygens (including phenoxy) is 1. The first kappa shape index (κ1) is 19.2. The summed E-state index contributed by atoms with van der Waals surface area (Å²) in [5.74, 6) is -0.617. The first-order chi connectivity index (χ1) is 12.4. The Hall–Kier alpha value is -3.16. The van der Waals surface area contributed by atoms with Gasteiger partial charge in [-0.2, -0.15) is 5.10 Å².